The quantitative estimate of drug-likeness (QED) is 0.821. The summed E-state index contributed by atoms with van der Waals surface area (Å²) in [6.07, 6.45) is 6.67. The molecule has 1 unspecified atom stereocenters. The minimum absolute atomic E-state index is 0.408. The van der Waals surface area contributed by atoms with Crippen LogP contribution in [0.5, 0.6) is 5.75 Å². The summed E-state index contributed by atoms with van der Waals surface area (Å²) in [5.41, 5.74) is 1.29. The van der Waals surface area contributed by atoms with Crippen molar-refractivity contribution in [3.8, 4) is 5.75 Å². The monoisotopic (exact) mass is 275 g/mol. The SMILES string of the molecule is CCC(NCC1CCC(C)CC1)c1ccccc1OC. The van der Waals surface area contributed by atoms with Gasteiger partial charge in [-0.2, -0.15) is 0 Å². The first-order chi connectivity index (χ1) is 9.74. The molecule has 0 spiro atoms. The van der Waals surface area contributed by atoms with Gasteiger partial charge in [-0.1, -0.05) is 44.9 Å². The number of ether oxygens (including phenoxy) is 1. The van der Waals surface area contributed by atoms with Gasteiger partial charge in [-0.25, -0.2) is 0 Å². The van der Waals surface area contributed by atoms with Crippen LogP contribution >= 0.6 is 0 Å². The molecule has 1 aromatic rings. The van der Waals surface area contributed by atoms with E-state index in [-0.39, 0.29) is 0 Å². The van der Waals surface area contributed by atoms with Crippen molar-refractivity contribution >= 4 is 0 Å². The van der Waals surface area contributed by atoms with Crippen LogP contribution in [-0.2, 0) is 0 Å². The number of para-hydroxylation sites is 1. The Hall–Kier alpha value is -1.02. The molecule has 1 aliphatic rings. The Bertz CT molecular complexity index is 396. The maximum absolute atomic E-state index is 5.49. The molecule has 0 aromatic heterocycles. The summed E-state index contributed by atoms with van der Waals surface area (Å²) in [5.74, 6) is 2.79. The van der Waals surface area contributed by atoms with Gasteiger partial charge >= 0.3 is 0 Å². The van der Waals surface area contributed by atoms with Gasteiger partial charge in [0.1, 0.15) is 5.75 Å². The van der Waals surface area contributed by atoms with E-state index in [2.05, 4.69) is 37.4 Å². The van der Waals surface area contributed by atoms with Gasteiger partial charge < -0.3 is 10.1 Å². The molecule has 0 amide bonds. The minimum atomic E-state index is 0.408. The fourth-order valence-electron chi connectivity index (χ4n) is 3.27. The molecule has 1 aromatic carbocycles. The van der Waals surface area contributed by atoms with Crippen LogP contribution in [0, 0.1) is 11.8 Å². The van der Waals surface area contributed by atoms with Gasteiger partial charge in [0.25, 0.3) is 0 Å². The molecule has 20 heavy (non-hydrogen) atoms. The van der Waals surface area contributed by atoms with E-state index >= 15 is 0 Å². The van der Waals surface area contributed by atoms with Crippen molar-refractivity contribution in [2.75, 3.05) is 13.7 Å². The Kier molecular flexibility index (Phi) is 5.90. The van der Waals surface area contributed by atoms with Crippen LogP contribution in [-0.4, -0.2) is 13.7 Å². The van der Waals surface area contributed by atoms with Crippen molar-refractivity contribution in [2.45, 2.75) is 52.0 Å². The molecule has 0 aliphatic heterocycles. The van der Waals surface area contributed by atoms with E-state index in [4.69, 9.17) is 4.74 Å². The summed E-state index contributed by atoms with van der Waals surface area (Å²) >= 11 is 0. The van der Waals surface area contributed by atoms with E-state index in [0.717, 1.165) is 30.6 Å². The molecule has 1 aliphatic carbocycles. The highest BCUT2D eigenvalue weighted by molar-refractivity contribution is 5.35. The first-order valence-corrected chi connectivity index (χ1v) is 8.10. The summed E-state index contributed by atoms with van der Waals surface area (Å²) in [4.78, 5) is 0. The van der Waals surface area contributed by atoms with Crippen molar-refractivity contribution < 1.29 is 4.74 Å². The van der Waals surface area contributed by atoms with Gasteiger partial charge in [0.05, 0.1) is 7.11 Å². The Balaban J connectivity index is 1.92. The van der Waals surface area contributed by atoms with Crippen LogP contribution in [0.1, 0.15) is 57.6 Å². The Morgan fingerprint density at radius 3 is 2.55 bits per heavy atom. The van der Waals surface area contributed by atoms with Crippen molar-refractivity contribution in [1.29, 1.82) is 0 Å². The molecule has 1 saturated carbocycles. The summed E-state index contributed by atoms with van der Waals surface area (Å²) in [5, 5.41) is 3.76. The van der Waals surface area contributed by atoms with Crippen molar-refractivity contribution in [2.24, 2.45) is 11.8 Å². The fourth-order valence-corrected chi connectivity index (χ4v) is 3.27. The molecule has 1 fully saturated rings. The lowest BCUT2D eigenvalue weighted by atomic mass is 9.83. The molecule has 2 nitrogen and oxygen atoms in total. The van der Waals surface area contributed by atoms with Crippen LogP contribution in [0.15, 0.2) is 24.3 Å². The molecule has 0 bridgehead atoms. The number of benzene rings is 1. The zero-order valence-corrected chi connectivity index (χ0v) is 13.2. The van der Waals surface area contributed by atoms with E-state index in [0.29, 0.717) is 6.04 Å². The molecule has 112 valence electrons. The number of rotatable bonds is 6. The van der Waals surface area contributed by atoms with E-state index < -0.39 is 0 Å². The third-order valence-corrected chi connectivity index (χ3v) is 4.71. The second kappa shape index (κ2) is 7.68. The molecule has 1 atom stereocenters. The van der Waals surface area contributed by atoms with Gasteiger partial charge in [-0.05, 0) is 43.7 Å². The molecular formula is C18H29NO. The Morgan fingerprint density at radius 1 is 1.20 bits per heavy atom. The van der Waals surface area contributed by atoms with E-state index in [1.54, 1.807) is 7.11 Å². The third-order valence-electron chi connectivity index (χ3n) is 4.71. The van der Waals surface area contributed by atoms with E-state index in [1.807, 2.05) is 6.07 Å². The van der Waals surface area contributed by atoms with Gasteiger partial charge in [0, 0.05) is 11.6 Å². The topological polar surface area (TPSA) is 21.3 Å². The number of nitrogens with one attached hydrogen (secondary N) is 1. The smallest absolute Gasteiger partial charge is 0.123 e. The number of hydrogen-bond donors (Lipinski definition) is 1. The molecule has 2 heteroatoms. The minimum Gasteiger partial charge on any atom is -0.496 e. The van der Waals surface area contributed by atoms with Gasteiger partial charge in [0.2, 0.25) is 0 Å². The first-order valence-electron chi connectivity index (χ1n) is 8.10. The van der Waals surface area contributed by atoms with Crippen LogP contribution in [0.4, 0.5) is 0 Å². The zero-order chi connectivity index (χ0) is 14.4. The molecular weight excluding hydrogens is 246 g/mol. The second-order valence-electron chi connectivity index (χ2n) is 6.24. The summed E-state index contributed by atoms with van der Waals surface area (Å²) in [7, 11) is 1.76. The predicted octanol–water partition coefficient (Wildman–Crippen LogP) is 4.56. The van der Waals surface area contributed by atoms with Crippen LogP contribution in [0.25, 0.3) is 0 Å². The molecule has 0 radical (unpaired) electrons. The summed E-state index contributed by atoms with van der Waals surface area (Å²) in [6.45, 7) is 5.77. The van der Waals surface area contributed by atoms with Crippen LogP contribution in [0.3, 0.4) is 0 Å². The lowest BCUT2D eigenvalue weighted by Crippen LogP contribution is -2.29. The number of methoxy groups -OCH3 is 1. The highest BCUT2D eigenvalue weighted by Crippen LogP contribution is 2.30. The summed E-state index contributed by atoms with van der Waals surface area (Å²) in [6, 6.07) is 8.79. The largest absolute Gasteiger partial charge is 0.496 e. The standard InChI is InChI=1S/C18H29NO/c1-4-17(16-7-5-6-8-18(16)20-3)19-13-15-11-9-14(2)10-12-15/h5-8,14-15,17,19H,4,9-13H2,1-3H3. The van der Waals surface area contributed by atoms with Crippen molar-refractivity contribution in [1.82, 2.24) is 5.32 Å². The van der Waals surface area contributed by atoms with Crippen LogP contribution < -0.4 is 10.1 Å². The lowest BCUT2D eigenvalue weighted by molar-refractivity contribution is 0.272. The normalized spacial score (nSPS) is 24.4. The number of hydrogen-bond acceptors (Lipinski definition) is 2. The van der Waals surface area contributed by atoms with Crippen molar-refractivity contribution in [3.63, 3.8) is 0 Å². The first kappa shape index (κ1) is 15.4. The Labute approximate surface area is 123 Å². The Morgan fingerprint density at radius 2 is 1.90 bits per heavy atom. The van der Waals surface area contributed by atoms with E-state index in [1.165, 1.54) is 31.2 Å². The maximum atomic E-state index is 5.49. The third kappa shape index (κ3) is 3.99. The lowest BCUT2D eigenvalue weighted by Gasteiger charge is -2.28. The zero-order valence-electron chi connectivity index (χ0n) is 13.2. The average molecular weight is 275 g/mol. The predicted molar refractivity (Wildman–Crippen MR) is 85.2 cm³/mol. The fraction of sp³-hybridized carbons (Fsp3) is 0.667. The van der Waals surface area contributed by atoms with Crippen molar-refractivity contribution in [3.05, 3.63) is 29.8 Å². The molecule has 0 heterocycles. The second-order valence-corrected chi connectivity index (χ2v) is 6.24. The average Bonchev–Trinajstić information content (AvgIpc) is 2.50. The van der Waals surface area contributed by atoms with Crippen LogP contribution in [0.2, 0.25) is 0 Å². The highest BCUT2D eigenvalue weighted by atomic mass is 16.5. The van der Waals surface area contributed by atoms with Gasteiger partial charge in [-0.3, -0.25) is 0 Å². The summed E-state index contributed by atoms with van der Waals surface area (Å²) < 4.78 is 5.49. The van der Waals surface area contributed by atoms with E-state index in [9.17, 15) is 0 Å². The molecule has 0 saturated heterocycles. The maximum Gasteiger partial charge on any atom is 0.123 e. The molecule has 2 rings (SSSR count). The molecule has 1 N–H and O–H groups in total. The van der Waals surface area contributed by atoms with Gasteiger partial charge in [-0.15, -0.1) is 0 Å². The van der Waals surface area contributed by atoms with Gasteiger partial charge in [0.15, 0.2) is 0 Å². The highest BCUT2D eigenvalue weighted by Gasteiger charge is 2.20.